The molecule has 0 atom stereocenters. The number of amides is 1. The van der Waals surface area contributed by atoms with Gasteiger partial charge in [-0.25, -0.2) is 4.79 Å². The Balaban J connectivity index is 1.74. The third-order valence-electron chi connectivity index (χ3n) is 5.22. The molecule has 3 heterocycles. The predicted octanol–water partition coefficient (Wildman–Crippen LogP) is 3.90. The maximum absolute atomic E-state index is 13.2. The summed E-state index contributed by atoms with van der Waals surface area (Å²) in [6, 6.07) is 4.36. The number of hydrogen-bond donors (Lipinski definition) is 1. The summed E-state index contributed by atoms with van der Waals surface area (Å²) >= 11 is 1.63. The summed E-state index contributed by atoms with van der Waals surface area (Å²) in [5, 5.41) is 9.22. The lowest BCUT2D eigenvalue weighted by Crippen LogP contribution is -2.21. The number of aromatic nitrogens is 3. The van der Waals surface area contributed by atoms with Gasteiger partial charge in [-0.3, -0.25) is 9.48 Å². The van der Waals surface area contributed by atoms with Gasteiger partial charge < -0.3 is 14.6 Å². The summed E-state index contributed by atoms with van der Waals surface area (Å²) in [4.78, 5) is 25.3. The van der Waals surface area contributed by atoms with Crippen molar-refractivity contribution in [3.8, 4) is 0 Å². The molecule has 0 radical (unpaired) electrons. The lowest BCUT2D eigenvalue weighted by Gasteiger charge is -2.17. The van der Waals surface area contributed by atoms with Gasteiger partial charge in [0.2, 0.25) is 0 Å². The van der Waals surface area contributed by atoms with Gasteiger partial charge in [0.05, 0.1) is 28.7 Å². The third kappa shape index (κ3) is 2.93. The van der Waals surface area contributed by atoms with Crippen LogP contribution in [0.4, 0.5) is 5.69 Å². The SMILES string of the molecule is COC(=O)c1c(NC(=O)c2cc3sccc3n2C2CCCC2)c(C)nn1C. The van der Waals surface area contributed by atoms with E-state index in [0.717, 1.165) is 23.1 Å². The van der Waals surface area contributed by atoms with E-state index in [9.17, 15) is 9.59 Å². The Morgan fingerprint density at radius 3 is 2.78 bits per heavy atom. The number of anilines is 1. The molecule has 8 heteroatoms. The first-order chi connectivity index (χ1) is 13.0. The number of ether oxygens (including phenoxy) is 1. The number of nitrogens with one attached hydrogen (secondary N) is 1. The summed E-state index contributed by atoms with van der Waals surface area (Å²) in [7, 11) is 2.97. The van der Waals surface area contributed by atoms with E-state index < -0.39 is 5.97 Å². The zero-order valence-corrected chi connectivity index (χ0v) is 16.4. The molecule has 0 spiro atoms. The molecule has 0 bridgehead atoms. The highest BCUT2D eigenvalue weighted by atomic mass is 32.1. The summed E-state index contributed by atoms with van der Waals surface area (Å²) in [5.74, 6) is -0.757. The minimum absolute atomic E-state index is 0.230. The lowest BCUT2D eigenvalue weighted by atomic mass is 10.2. The number of thiophene rings is 1. The number of hydrogen-bond acceptors (Lipinski definition) is 5. The second-order valence-corrected chi connectivity index (χ2v) is 7.83. The Morgan fingerprint density at radius 1 is 1.33 bits per heavy atom. The molecular weight excluding hydrogens is 364 g/mol. The van der Waals surface area contributed by atoms with E-state index in [1.165, 1.54) is 24.6 Å². The van der Waals surface area contributed by atoms with Crippen LogP contribution < -0.4 is 5.32 Å². The van der Waals surface area contributed by atoms with Crippen molar-refractivity contribution in [1.82, 2.24) is 14.3 Å². The van der Waals surface area contributed by atoms with Crippen LogP contribution in [0.5, 0.6) is 0 Å². The minimum Gasteiger partial charge on any atom is -0.464 e. The molecule has 1 aliphatic rings. The molecule has 1 aliphatic carbocycles. The van der Waals surface area contributed by atoms with Crippen LogP contribution in [0.1, 0.15) is 58.4 Å². The topological polar surface area (TPSA) is 78.2 Å². The molecule has 3 aromatic heterocycles. The van der Waals surface area contributed by atoms with Crippen LogP contribution in [0.25, 0.3) is 10.2 Å². The predicted molar refractivity (Wildman–Crippen MR) is 105 cm³/mol. The van der Waals surface area contributed by atoms with Crippen molar-refractivity contribution < 1.29 is 14.3 Å². The first-order valence-corrected chi connectivity index (χ1v) is 9.91. The van der Waals surface area contributed by atoms with E-state index in [-0.39, 0.29) is 11.6 Å². The molecule has 142 valence electrons. The number of carbonyl (C=O) groups excluding carboxylic acids is 2. The Bertz CT molecular complexity index is 1020. The van der Waals surface area contributed by atoms with Crippen LogP contribution in [0.15, 0.2) is 17.5 Å². The highest BCUT2D eigenvalue weighted by Gasteiger charge is 2.27. The zero-order valence-electron chi connectivity index (χ0n) is 15.6. The summed E-state index contributed by atoms with van der Waals surface area (Å²) in [5.41, 5.74) is 2.95. The quantitative estimate of drug-likeness (QED) is 0.690. The Labute approximate surface area is 160 Å². The first kappa shape index (κ1) is 17.8. The second kappa shape index (κ2) is 6.84. The normalized spacial score (nSPS) is 14.8. The molecule has 0 aromatic carbocycles. The maximum atomic E-state index is 13.2. The van der Waals surface area contributed by atoms with Crippen LogP contribution in [0.2, 0.25) is 0 Å². The van der Waals surface area contributed by atoms with E-state index in [2.05, 4.69) is 26.4 Å². The fraction of sp³-hybridized carbons (Fsp3) is 0.421. The standard InChI is InChI=1S/C19H22N4O3S/c1-11-16(17(19(25)26-3)22(2)21-11)20-18(24)14-10-15-13(8-9-27-15)23(14)12-6-4-5-7-12/h8-10,12H,4-7H2,1-3H3,(H,20,24). The van der Waals surface area contributed by atoms with Crippen molar-refractivity contribution in [2.45, 2.75) is 38.6 Å². The second-order valence-electron chi connectivity index (χ2n) is 6.89. The molecule has 1 saturated carbocycles. The van der Waals surface area contributed by atoms with Crippen molar-refractivity contribution in [3.63, 3.8) is 0 Å². The molecule has 0 saturated heterocycles. The van der Waals surface area contributed by atoms with Gasteiger partial charge in [0, 0.05) is 13.1 Å². The molecule has 4 rings (SSSR count). The number of carbonyl (C=O) groups is 2. The molecule has 1 amide bonds. The molecule has 0 unspecified atom stereocenters. The van der Waals surface area contributed by atoms with E-state index in [1.807, 2.05) is 6.07 Å². The van der Waals surface area contributed by atoms with Crippen molar-refractivity contribution in [1.29, 1.82) is 0 Å². The first-order valence-electron chi connectivity index (χ1n) is 9.03. The van der Waals surface area contributed by atoms with Crippen LogP contribution in [0.3, 0.4) is 0 Å². The molecule has 3 aromatic rings. The van der Waals surface area contributed by atoms with Crippen molar-refractivity contribution in [3.05, 3.63) is 34.6 Å². The van der Waals surface area contributed by atoms with Crippen LogP contribution >= 0.6 is 11.3 Å². The van der Waals surface area contributed by atoms with E-state index in [0.29, 0.717) is 23.1 Å². The number of methoxy groups -OCH3 is 1. The van der Waals surface area contributed by atoms with E-state index in [4.69, 9.17) is 4.74 Å². The van der Waals surface area contributed by atoms with Crippen LogP contribution in [0, 0.1) is 6.92 Å². The third-order valence-corrected chi connectivity index (χ3v) is 6.08. The molecule has 1 N–H and O–H groups in total. The van der Waals surface area contributed by atoms with Crippen molar-refractivity contribution >= 4 is 39.1 Å². The molecule has 27 heavy (non-hydrogen) atoms. The summed E-state index contributed by atoms with van der Waals surface area (Å²) in [6.07, 6.45) is 4.53. The van der Waals surface area contributed by atoms with E-state index in [1.54, 1.807) is 25.3 Å². The summed E-state index contributed by atoms with van der Waals surface area (Å²) in [6.45, 7) is 1.76. The molecule has 1 fully saturated rings. The number of nitrogens with zero attached hydrogens (tertiary/aromatic N) is 3. The average molecular weight is 386 g/mol. The van der Waals surface area contributed by atoms with Gasteiger partial charge in [0.25, 0.3) is 5.91 Å². The Kier molecular flexibility index (Phi) is 4.51. The van der Waals surface area contributed by atoms with Gasteiger partial charge in [0.15, 0.2) is 5.69 Å². The van der Waals surface area contributed by atoms with Gasteiger partial charge in [-0.1, -0.05) is 12.8 Å². The van der Waals surface area contributed by atoms with Gasteiger partial charge >= 0.3 is 5.97 Å². The molecule has 7 nitrogen and oxygen atoms in total. The maximum Gasteiger partial charge on any atom is 0.358 e. The van der Waals surface area contributed by atoms with Crippen LogP contribution in [-0.2, 0) is 11.8 Å². The summed E-state index contributed by atoms with van der Waals surface area (Å²) < 4.78 is 9.54. The number of esters is 1. The lowest BCUT2D eigenvalue weighted by molar-refractivity contribution is 0.0589. The monoisotopic (exact) mass is 386 g/mol. The van der Waals surface area contributed by atoms with Gasteiger partial charge in [-0.2, -0.15) is 5.10 Å². The largest absolute Gasteiger partial charge is 0.464 e. The number of rotatable bonds is 4. The number of fused-ring (bicyclic) bond motifs is 1. The highest BCUT2D eigenvalue weighted by molar-refractivity contribution is 7.17. The molecular formula is C19H22N4O3S. The van der Waals surface area contributed by atoms with E-state index >= 15 is 0 Å². The van der Waals surface area contributed by atoms with Crippen LogP contribution in [-0.4, -0.2) is 33.3 Å². The smallest absolute Gasteiger partial charge is 0.358 e. The van der Waals surface area contributed by atoms with Crippen molar-refractivity contribution in [2.75, 3.05) is 12.4 Å². The highest BCUT2D eigenvalue weighted by Crippen LogP contribution is 2.37. The molecule has 0 aliphatic heterocycles. The Hall–Kier alpha value is -2.61. The van der Waals surface area contributed by atoms with Crippen molar-refractivity contribution in [2.24, 2.45) is 7.05 Å². The fourth-order valence-electron chi connectivity index (χ4n) is 3.99. The van der Waals surface area contributed by atoms with Gasteiger partial charge in [0.1, 0.15) is 5.69 Å². The van der Waals surface area contributed by atoms with Gasteiger partial charge in [-0.15, -0.1) is 11.3 Å². The minimum atomic E-state index is -0.527. The van der Waals surface area contributed by atoms with Gasteiger partial charge in [-0.05, 0) is 37.3 Å². The Morgan fingerprint density at radius 2 is 2.07 bits per heavy atom. The zero-order chi connectivity index (χ0) is 19.1. The fourth-order valence-corrected chi connectivity index (χ4v) is 4.80. The number of aryl methyl sites for hydroxylation is 2. The average Bonchev–Trinajstić information content (AvgIpc) is 3.39.